The van der Waals surface area contributed by atoms with Crippen LogP contribution in [0.2, 0.25) is 0 Å². The molecule has 1 amide bonds. The Hall–Kier alpha value is -1.36. The molecule has 1 saturated carbocycles. The molecule has 3 N–H and O–H groups in total. The van der Waals surface area contributed by atoms with E-state index in [9.17, 15) is 4.79 Å². The van der Waals surface area contributed by atoms with E-state index in [0.29, 0.717) is 0 Å². The number of nitrogens with one attached hydrogen (secondary N) is 3. The number of aromatic amines is 1. The third kappa shape index (κ3) is 1.13. The van der Waals surface area contributed by atoms with Crippen LogP contribution in [0.15, 0.2) is 12.4 Å². The molecule has 2 atom stereocenters. The van der Waals surface area contributed by atoms with Gasteiger partial charge in [0.05, 0.1) is 0 Å². The van der Waals surface area contributed by atoms with Gasteiger partial charge in [0.25, 0.3) is 0 Å². The zero-order chi connectivity index (χ0) is 10.2. The van der Waals surface area contributed by atoms with E-state index in [1.54, 1.807) is 26.5 Å². The van der Waals surface area contributed by atoms with Gasteiger partial charge < -0.3 is 15.6 Å². The van der Waals surface area contributed by atoms with Crippen LogP contribution in [0.25, 0.3) is 0 Å². The summed E-state index contributed by atoms with van der Waals surface area (Å²) in [5.41, 5.74) is -0.452. The summed E-state index contributed by atoms with van der Waals surface area (Å²) in [5, 5.41) is 5.74. The minimum Gasteiger partial charge on any atom is -0.358 e. The number of nitrogens with zero attached hydrogens (tertiary/aromatic N) is 1. The van der Waals surface area contributed by atoms with Gasteiger partial charge in [0.1, 0.15) is 11.4 Å². The molecule has 0 aliphatic heterocycles. The maximum atomic E-state index is 11.6. The van der Waals surface area contributed by atoms with E-state index in [4.69, 9.17) is 0 Å². The number of carbonyl (C=O) groups excluding carboxylic acids is 1. The number of hydrogen-bond donors (Lipinski definition) is 3. The van der Waals surface area contributed by atoms with Gasteiger partial charge in [-0.25, -0.2) is 4.98 Å². The lowest BCUT2D eigenvalue weighted by Crippen LogP contribution is -2.44. The van der Waals surface area contributed by atoms with Gasteiger partial charge in [0.2, 0.25) is 5.91 Å². The quantitative estimate of drug-likeness (QED) is 0.613. The molecule has 1 fully saturated rings. The third-order valence-electron chi connectivity index (χ3n) is 2.89. The van der Waals surface area contributed by atoms with E-state index in [2.05, 4.69) is 20.6 Å². The largest absolute Gasteiger partial charge is 0.358 e. The topological polar surface area (TPSA) is 69.8 Å². The Morgan fingerprint density at radius 3 is 3.00 bits per heavy atom. The van der Waals surface area contributed by atoms with Crippen molar-refractivity contribution in [2.45, 2.75) is 17.9 Å². The summed E-state index contributed by atoms with van der Waals surface area (Å²) in [6.45, 7) is 0. The first kappa shape index (κ1) is 9.21. The lowest BCUT2D eigenvalue weighted by Gasteiger charge is -2.13. The maximum Gasteiger partial charge on any atom is 0.240 e. The molecule has 0 radical (unpaired) electrons. The van der Waals surface area contributed by atoms with E-state index in [1.165, 1.54) is 0 Å². The zero-order valence-electron chi connectivity index (χ0n) is 8.29. The number of aromatic nitrogens is 2. The molecule has 1 aliphatic rings. The van der Waals surface area contributed by atoms with E-state index in [0.717, 1.165) is 12.2 Å². The molecule has 0 spiro atoms. The summed E-state index contributed by atoms with van der Waals surface area (Å²) in [6.07, 6.45) is 4.28. The van der Waals surface area contributed by atoms with Crippen LogP contribution < -0.4 is 10.6 Å². The van der Waals surface area contributed by atoms with Crippen molar-refractivity contribution in [3.8, 4) is 0 Å². The highest BCUT2D eigenvalue weighted by molar-refractivity contribution is 5.91. The van der Waals surface area contributed by atoms with E-state index < -0.39 is 5.54 Å². The second kappa shape index (κ2) is 3.09. The first-order valence-corrected chi connectivity index (χ1v) is 4.65. The van der Waals surface area contributed by atoms with Gasteiger partial charge in [-0.3, -0.25) is 4.79 Å². The molecule has 1 heterocycles. The normalized spacial score (nSPS) is 30.0. The minimum absolute atomic E-state index is 0.0291. The first-order chi connectivity index (χ1) is 6.74. The van der Waals surface area contributed by atoms with Gasteiger partial charge in [-0.2, -0.15) is 0 Å². The van der Waals surface area contributed by atoms with Crippen molar-refractivity contribution in [1.82, 2.24) is 20.6 Å². The highest BCUT2D eigenvalue weighted by atomic mass is 16.2. The number of carbonyl (C=O) groups is 1. The van der Waals surface area contributed by atoms with Crippen molar-refractivity contribution in [2.75, 3.05) is 14.1 Å². The average Bonchev–Trinajstić information content (AvgIpc) is 2.72. The standard InChI is InChI=1S/C9H14N4O/c1-10-8(14)9(11-2)5-6(9)7-12-3-4-13-7/h3-4,6,11H,5H2,1-2H3,(H,10,14)(H,12,13). The van der Waals surface area contributed by atoms with Crippen molar-refractivity contribution in [1.29, 1.82) is 0 Å². The molecule has 1 aromatic rings. The number of imidazole rings is 1. The molecule has 14 heavy (non-hydrogen) atoms. The molecule has 1 aromatic heterocycles. The molecule has 5 nitrogen and oxygen atoms in total. The van der Waals surface area contributed by atoms with Crippen LogP contribution in [0.1, 0.15) is 18.2 Å². The number of rotatable bonds is 3. The smallest absolute Gasteiger partial charge is 0.240 e. The fourth-order valence-electron chi connectivity index (χ4n) is 1.92. The third-order valence-corrected chi connectivity index (χ3v) is 2.89. The number of amides is 1. The minimum atomic E-state index is -0.452. The zero-order valence-corrected chi connectivity index (χ0v) is 8.29. The van der Waals surface area contributed by atoms with Crippen molar-refractivity contribution in [3.05, 3.63) is 18.2 Å². The molecule has 2 unspecified atom stereocenters. The number of likely N-dealkylation sites (N-methyl/N-ethyl adjacent to an activating group) is 2. The van der Waals surface area contributed by atoms with Crippen LogP contribution >= 0.6 is 0 Å². The van der Waals surface area contributed by atoms with Gasteiger partial charge in [0.15, 0.2) is 0 Å². The van der Waals surface area contributed by atoms with Crippen molar-refractivity contribution < 1.29 is 4.79 Å². The Kier molecular flexibility index (Phi) is 2.03. The highest BCUT2D eigenvalue weighted by Crippen LogP contribution is 2.49. The van der Waals surface area contributed by atoms with Gasteiger partial charge in [0, 0.05) is 25.4 Å². The summed E-state index contributed by atoms with van der Waals surface area (Å²) in [6, 6.07) is 0. The Bertz CT molecular complexity index is 335. The SMILES string of the molecule is CNC(=O)C1(NC)CC1c1ncc[nH]1. The predicted molar refractivity (Wildman–Crippen MR) is 51.8 cm³/mol. The van der Waals surface area contributed by atoms with Crippen molar-refractivity contribution >= 4 is 5.91 Å². The van der Waals surface area contributed by atoms with E-state index in [1.807, 2.05) is 0 Å². The lowest BCUT2D eigenvalue weighted by atomic mass is 10.2. The van der Waals surface area contributed by atoms with Gasteiger partial charge in [-0.15, -0.1) is 0 Å². The fraction of sp³-hybridized carbons (Fsp3) is 0.556. The van der Waals surface area contributed by atoms with Crippen LogP contribution in [0.4, 0.5) is 0 Å². The first-order valence-electron chi connectivity index (χ1n) is 4.65. The molecule has 76 valence electrons. The van der Waals surface area contributed by atoms with Gasteiger partial charge in [-0.1, -0.05) is 0 Å². The predicted octanol–water partition coefficient (Wildman–Crippen LogP) is -0.399. The van der Waals surface area contributed by atoms with Crippen LogP contribution in [-0.4, -0.2) is 35.5 Å². The Morgan fingerprint density at radius 1 is 1.71 bits per heavy atom. The lowest BCUT2D eigenvalue weighted by molar-refractivity contribution is -0.123. The average molecular weight is 194 g/mol. The molecule has 5 heteroatoms. The Balaban J connectivity index is 2.18. The van der Waals surface area contributed by atoms with E-state index >= 15 is 0 Å². The fourth-order valence-corrected chi connectivity index (χ4v) is 1.92. The molecular formula is C9H14N4O. The molecule has 0 bridgehead atoms. The molecule has 0 aromatic carbocycles. The monoisotopic (exact) mass is 194 g/mol. The molecule has 0 saturated heterocycles. The molecule has 2 rings (SSSR count). The second-order valence-electron chi connectivity index (χ2n) is 3.53. The second-order valence-corrected chi connectivity index (χ2v) is 3.53. The van der Waals surface area contributed by atoms with Crippen LogP contribution in [0.5, 0.6) is 0 Å². The Morgan fingerprint density at radius 2 is 2.50 bits per heavy atom. The summed E-state index contributed by atoms with van der Waals surface area (Å²) < 4.78 is 0. The summed E-state index contributed by atoms with van der Waals surface area (Å²) in [7, 11) is 3.46. The Labute approximate surface area is 82.3 Å². The number of hydrogen-bond acceptors (Lipinski definition) is 3. The summed E-state index contributed by atoms with van der Waals surface area (Å²) >= 11 is 0. The number of H-pyrrole nitrogens is 1. The van der Waals surface area contributed by atoms with Crippen LogP contribution in [0, 0.1) is 0 Å². The van der Waals surface area contributed by atoms with Crippen LogP contribution in [0.3, 0.4) is 0 Å². The highest BCUT2D eigenvalue weighted by Gasteiger charge is 2.60. The van der Waals surface area contributed by atoms with Crippen LogP contribution in [-0.2, 0) is 4.79 Å². The summed E-state index contributed by atoms with van der Waals surface area (Å²) in [4.78, 5) is 18.8. The van der Waals surface area contributed by atoms with E-state index in [-0.39, 0.29) is 11.8 Å². The van der Waals surface area contributed by atoms with Gasteiger partial charge >= 0.3 is 0 Å². The maximum absolute atomic E-state index is 11.6. The van der Waals surface area contributed by atoms with Crippen molar-refractivity contribution in [2.24, 2.45) is 0 Å². The van der Waals surface area contributed by atoms with Crippen molar-refractivity contribution in [3.63, 3.8) is 0 Å². The summed E-state index contributed by atoms with van der Waals surface area (Å²) in [5.74, 6) is 1.08. The van der Waals surface area contributed by atoms with Gasteiger partial charge in [-0.05, 0) is 13.5 Å². The molecular weight excluding hydrogens is 180 g/mol. The molecule has 1 aliphatic carbocycles.